The number of likely N-dealkylation sites (tertiary alicyclic amines) is 2. The molecule has 0 aromatic heterocycles. The molecule has 3 rings (SSSR count). The minimum atomic E-state index is -5.77. The summed E-state index contributed by atoms with van der Waals surface area (Å²) < 4.78 is 118. The largest absolute Gasteiger partial charge is 0.434 e. The molecule has 0 atom stereocenters. The third-order valence-corrected chi connectivity index (χ3v) is 6.48. The van der Waals surface area contributed by atoms with Crippen LogP contribution in [0.3, 0.4) is 0 Å². The van der Waals surface area contributed by atoms with E-state index < -0.39 is 36.3 Å². The van der Waals surface area contributed by atoms with Crippen molar-refractivity contribution < 1.29 is 49.0 Å². The van der Waals surface area contributed by atoms with Gasteiger partial charge in [-0.1, -0.05) is 6.07 Å². The number of carbonyl (C=O) groups excluding carboxylic acids is 1. The van der Waals surface area contributed by atoms with Crippen LogP contribution in [0.25, 0.3) is 0 Å². The van der Waals surface area contributed by atoms with Gasteiger partial charge in [-0.25, -0.2) is 4.79 Å². The van der Waals surface area contributed by atoms with Gasteiger partial charge in [0.15, 0.2) is 0 Å². The Hall–Kier alpha value is -2.18. The van der Waals surface area contributed by atoms with Crippen molar-refractivity contribution in [1.82, 2.24) is 9.80 Å². The SMILES string of the molecule is Cc1cc(C(F)(F)F)ccc1CN1CCC2(CCN(C(=O)OC(C(F)(F)F)C(F)(F)F)CC2)C1. The summed E-state index contributed by atoms with van der Waals surface area (Å²) in [5, 5.41) is 0. The highest BCUT2D eigenvalue weighted by Crippen LogP contribution is 2.42. The van der Waals surface area contributed by atoms with Gasteiger partial charge in [-0.3, -0.25) is 4.90 Å². The lowest BCUT2D eigenvalue weighted by Gasteiger charge is -2.39. The van der Waals surface area contributed by atoms with Crippen LogP contribution in [0.15, 0.2) is 18.2 Å². The minimum Gasteiger partial charge on any atom is -0.426 e. The number of halogens is 9. The molecule has 2 fully saturated rings. The molecule has 1 spiro atoms. The maximum atomic E-state index is 12.9. The lowest BCUT2D eigenvalue weighted by Crippen LogP contribution is -2.50. The summed E-state index contributed by atoms with van der Waals surface area (Å²) in [6, 6.07) is 3.54. The van der Waals surface area contributed by atoms with Crippen molar-refractivity contribution in [3.05, 3.63) is 34.9 Å². The van der Waals surface area contributed by atoms with Crippen LogP contribution in [0.4, 0.5) is 44.3 Å². The van der Waals surface area contributed by atoms with Crippen molar-refractivity contribution in [2.45, 2.75) is 57.4 Å². The number of hydrogen-bond donors (Lipinski definition) is 0. The molecule has 1 aromatic carbocycles. The Morgan fingerprint density at radius 2 is 1.53 bits per heavy atom. The third-order valence-electron chi connectivity index (χ3n) is 6.48. The molecule has 2 aliphatic heterocycles. The molecule has 2 aliphatic rings. The molecule has 1 aromatic rings. The molecule has 0 aliphatic carbocycles. The van der Waals surface area contributed by atoms with E-state index in [1.807, 2.05) is 4.90 Å². The smallest absolute Gasteiger partial charge is 0.426 e. The normalized spacial score (nSPS) is 19.8. The summed E-state index contributed by atoms with van der Waals surface area (Å²) in [5.74, 6) is 0. The maximum Gasteiger partial charge on any atom is 0.434 e. The predicted molar refractivity (Wildman–Crippen MR) is 102 cm³/mol. The molecule has 34 heavy (non-hydrogen) atoms. The number of carbonyl (C=O) groups is 1. The Morgan fingerprint density at radius 3 is 2.03 bits per heavy atom. The number of aryl methyl sites for hydroxylation is 1. The van der Waals surface area contributed by atoms with Gasteiger partial charge in [0, 0.05) is 26.2 Å². The Labute approximate surface area is 189 Å². The molecule has 2 saturated heterocycles. The number of nitrogens with zero attached hydrogens (tertiary/aromatic N) is 2. The van der Waals surface area contributed by atoms with Crippen molar-refractivity contribution in [3.63, 3.8) is 0 Å². The second kappa shape index (κ2) is 9.12. The maximum absolute atomic E-state index is 12.9. The van der Waals surface area contributed by atoms with Crippen LogP contribution in [-0.2, 0) is 17.5 Å². The molecule has 0 saturated carbocycles. The number of amides is 1. The van der Waals surface area contributed by atoms with E-state index in [1.165, 1.54) is 6.07 Å². The Bertz CT molecular complexity index is 874. The zero-order valence-corrected chi connectivity index (χ0v) is 18.1. The minimum absolute atomic E-state index is 0.0472. The van der Waals surface area contributed by atoms with Crippen molar-refractivity contribution in [2.75, 3.05) is 26.2 Å². The van der Waals surface area contributed by atoms with Crippen LogP contribution in [0, 0.1) is 12.3 Å². The van der Waals surface area contributed by atoms with Gasteiger partial charge in [0.2, 0.25) is 0 Å². The van der Waals surface area contributed by atoms with E-state index in [-0.39, 0.29) is 18.5 Å². The molecule has 192 valence electrons. The summed E-state index contributed by atoms with van der Waals surface area (Å²) >= 11 is 0. The highest BCUT2D eigenvalue weighted by Gasteiger charge is 2.60. The molecular formula is C21H23F9N2O2. The lowest BCUT2D eigenvalue weighted by atomic mass is 9.78. The average molecular weight is 506 g/mol. The molecule has 2 heterocycles. The lowest BCUT2D eigenvalue weighted by molar-refractivity contribution is -0.308. The zero-order valence-electron chi connectivity index (χ0n) is 18.1. The fourth-order valence-electron chi connectivity index (χ4n) is 4.52. The van der Waals surface area contributed by atoms with E-state index in [1.54, 1.807) is 6.92 Å². The van der Waals surface area contributed by atoms with E-state index in [0.29, 0.717) is 44.5 Å². The van der Waals surface area contributed by atoms with E-state index in [0.717, 1.165) is 22.6 Å². The molecule has 13 heteroatoms. The van der Waals surface area contributed by atoms with Crippen molar-refractivity contribution in [3.8, 4) is 0 Å². The van der Waals surface area contributed by atoms with Crippen molar-refractivity contribution in [1.29, 1.82) is 0 Å². The molecule has 0 radical (unpaired) electrons. The van der Waals surface area contributed by atoms with E-state index in [4.69, 9.17) is 0 Å². The Balaban J connectivity index is 1.56. The number of benzene rings is 1. The first-order valence-electron chi connectivity index (χ1n) is 10.5. The zero-order chi connectivity index (χ0) is 25.5. The van der Waals surface area contributed by atoms with E-state index in [2.05, 4.69) is 4.74 Å². The first-order chi connectivity index (χ1) is 15.5. The van der Waals surface area contributed by atoms with Gasteiger partial charge in [0.1, 0.15) is 0 Å². The molecule has 0 unspecified atom stereocenters. The van der Waals surface area contributed by atoms with Crippen LogP contribution in [-0.4, -0.2) is 60.5 Å². The first-order valence-corrected chi connectivity index (χ1v) is 10.5. The number of hydrogen-bond acceptors (Lipinski definition) is 3. The van der Waals surface area contributed by atoms with Gasteiger partial charge in [-0.15, -0.1) is 0 Å². The van der Waals surface area contributed by atoms with Crippen molar-refractivity contribution in [2.24, 2.45) is 5.41 Å². The van der Waals surface area contributed by atoms with Crippen LogP contribution in [0.2, 0.25) is 0 Å². The number of alkyl halides is 9. The topological polar surface area (TPSA) is 32.8 Å². The molecular weight excluding hydrogens is 483 g/mol. The standard InChI is InChI=1S/C21H23F9N2O2/c1-13-10-15(19(22,23)24)3-2-14(13)11-31-7-4-18(12-31)5-8-32(9-6-18)17(33)34-16(20(25,26)27)21(28,29)30/h2-3,10,16H,4-9,11-12H2,1H3. The van der Waals surface area contributed by atoms with E-state index in [9.17, 15) is 44.3 Å². The van der Waals surface area contributed by atoms with Gasteiger partial charge in [-0.05, 0) is 61.4 Å². The fraction of sp³-hybridized carbons (Fsp3) is 0.667. The highest BCUT2D eigenvalue weighted by atomic mass is 19.4. The molecule has 4 nitrogen and oxygen atoms in total. The summed E-state index contributed by atoms with van der Waals surface area (Å²) in [5.41, 5.74) is 0.224. The van der Waals surface area contributed by atoms with Crippen LogP contribution < -0.4 is 0 Å². The second-order valence-corrected chi connectivity index (χ2v) is 8.93. The molecule has 0 bridgehead atoms. The highest BCUT2D eigenvalue weighted by molar-refractivity contribution is 5.68. The van der Waals surface area contributed by atoms with Crippen LogP contribution in [0.1, 0.15) is 36.0 Å². The predicted octanol–water partition coefficient (Wildman–Crippen LogP) is 5.93. The number of rotatable bonds is 3. The van der Waals surface area contributed by atoms with Gasteiger partial charge < -0.3 is 9.64 Å². The average Bonchev–Trinajstić information content (AvgIpc) is 3.07. The first kappa shape index (κ1) is 26.4. The third kappa shape index (κ3) is 6.08. The monoisotopic (exact) mass is 506 g/mol. The number of ether oxygens (including phenoxy) is 1. The quantitative estimate of drug-likeness (QED) is 0.477. The van der Waals surface area contributed by atoms with Gasteiger partial charge in [0.05, 0.1) is 5.56 Å². The van der Waals surface area contributed by atoms with Gasteiger partial charge in [0.25, 0.3) is 6.10 Å². The van der Waals surface area contributed by atoms with Gasteiger partial charge >= 0.3 is 24.6 Å². The summed E-state index contributed by atoms with van der Waals surface area (Å²) in [4.78, 5) is 14.9. The fourth-order valence-corrected chi connectivity index (χ4v) is 4.52. The van der Waals surface area contributed by atoms with Crippen LogP contribution in [0.5, 0.6) is 0 Å². The van der Waals surface area contributed by atoms with Crippen molar-refractivity contribution >= 4 is 6.09 Å². The summed E-state index contributed by atoms with van der Waals surface area (Å²) in [7, 11) is 0. The number of piperidine rings is 1. The second-order valence-electron chi connectivity index (χ2n) is 8.93. The molecule has 0 N–H and O–H groups in total. The Morgan fingerprint density at radius 1 is 0.971 bits per heavy atom. The van der Waals surface area contributed by atoms with E-state index >= 15 is 0 Å². The van der Waals surface area contributed by atoms with Gasteiger partial charge in [-0.2, -0.15) is 39.5 Å². The molecule has 1 amide bonds. The summed E-state index contributed by atoms with van der Waals surface area (Å²) in [6.07, 6.45) is -20.4. The Kier molecular flexibility index (Phi) is 7.09. The van der Waals surface area contributed by atoms with Crippen LogP contribution >= 0.6 is 0 Å². The summed E-state index contributed by atoms with van der Waals surface area (Å²) in [6.45, 7) is 3.11.